The van der Waals surface area contributed by atoms with Crippen molar-refractivity contribution in [2.45, 2.75) is 45.3 Å². The number of rotatable bonds is 6. The summed E-state index contributed by atoms with van der Waals surface area (Å²) in [6.07, 6.45) is 2.07. The van der Waals surface area contributed by atoms with Crippen molar-refractivity contribution in [2.75, 3.05) is 19.0 Å². The lowest BCUT2D eigenvalue weighted by molar-refractivity contribution is 0.145. The van der Waals surface area contributed by atoms with Gasteiger partial charge in [-0.2, -0.15) is 0 Å². The highest BCUT2D eigenvalue weighted by atomic mass is 32.2. The predicted molar refractivity (Wildman–Crippen MR) is 59.3 cm³/mol. The summed E-state index contributed by atoms with van der Waals surface area (Å²) >= 11 is 0. The maximum Gasteiger partial charge on any atom is 0.157 e. The molecule has 0 aliphatic carbocycles. The van der Waals surface area contributed by atoms with E-state index >= 15 is 0 Å². The summed E-state index contributed by atoms with van der Waals surface area (Å²) in [5.41, 5.74) is 0. The molecular weight excluding hydrogens is 200 g/mol. The Bertz CT molecular complexity index is 237. The van der Waals surface area contributed by atoms with E-state index in [0.29, 0.717) is 13.2 Å². The van der Waals surface area contributed by atoms with E-state index < -0.39 is 14.6 Å². The Labute approximate surface area is 87.8 Å². The fourth-order valence-corrected chi connectivity index (χ4v) is 1.77. The molecule has 0 amide bonds. The highest BCUT2D eigenvalue weighted by Gasteiger charge is 2.28. The van der Waals surface area contributed by atoms with E-state index in [1.54, 1.807) is 20.8 Å². The van der Waals surface area contributed by atoms with Crippen LogP contribution in [0, 0.1) is 0 Å². The van der Waals surface area contributed by atoms with Gasteiger partial charge in [-0.1, -0.05) is 13.3 Å². The predicted octanol–water partition coefficient (Wildman–Crippen LogP) is 2.02. The van der Waals surface area contributed by atoms with Gasteiger partial charge in [0.05, 0.1) is 17.1 Å². The van der Waals surface area contributed by atoms with E-state index in [9.17, 15) is 8.42 Å². The van der Waals surface area contributed by atoms with Gasteiger partial charge in [-0.3, -0.25) is 0 Å². The molecule has 0 aliphatic heterocycles. The summed E-state index contributed by atoms with van der Waals surface area (Å²) in [6, 6.07) is 0. The van der Waals surface area contributed by atoms with Gasteiger partial charge < -0.3 is 4.74 Å². The third-order valence-electron chi connectivity index (χ3n) is 2.07. The van der Waals surface area contributed by atoms with Gasteiger partial charge in [0.1, 0.15) is 0 Å². The van der Waals surface area contributed by atoms with E-state index in [-0.39, 0.29) is 5.75 Å². The normalized spacial score (nSPS) is 13.1. The molecule has 0 aliphatic rings. The average molecular weight is 222 g/mol. The minimum absolute atomic E-state index is 0.125. The first-order valence-corrected chi connectivity index (χ1v) is 6.76. The number of unbranched alkanes of at least 4 members (excludes halogenated alkanes) is 1. The van der Waals surface area contributed by atoms with E-state index in [2.05, 4.69) is 6.92 Å². The first-order chi connectivity index (χ1) is 6.31. The number of hydrogen-bond acceptors (Lipinski definition) is 3. The van der Waals surface area contributed by atoms with Crippen LogP contribution in [0.4, 0.5) is 0 Å². The van der Waals surface area contributed by atoms with Gasteiger partial charge in [-0.25, -0.2) is 8.42 Å². The molecule has 14 heavy (non-hydrogen) atoms. The van der Waals surface area contributed by atoms with Crippen molar-refractivity contribution in [1.82, 2.24) is 0 Å². The molecule has 0 saturated heterocycles. The molecule has 0 unspecified atom stereocenters. The second-order valence-electron chi connectivity index (χ2n) is 4.40. The second kappa shape index (κ2) is 5.71. The maximum atomic E-state index is 11.6. The van der Waals surface area contributed by atoms with Crippen LogP contribution >= 0.6 is 0 Å². The van der Waals surface area contributed by atoms with Crippen LogP contribution in [0.25, 0.3) is 0 Å². The van der Waals surface area contributed by atoms with Gasteiger partial charge in [0.25, 0.3) is 0 Å². The lowest BCUT2D eigenvalue weighted by Gasteiger charge is -2.18. The molecule has 0 N–H and O–H groups in total. The number of sulfone groups is 1. The maximum absolute atomic E-state index is 11.6. The molecule has 0 atom stereocenters. The minimum atomic E-state index is -3.01. The van der Waals surface area contributed by atoms with Gasteiger partial charge in [-0.05, 0) is 27.2 Å². The van der Waals surface area contributed by atoms with Crippen LogP contribution in [0.15, 0.2) is 0 Å². The Kier molecular flexibility index (Phi) is 5.67. The summed E-state index contributed by atoms with van der Waals surface area (Å²) in [4.78, 5) is 0. The fourth-order valence-electron chi connectivity index (χ4n) is 0.823. The second-order valence-corrected chi connectivity index (χ2v) is 7.26. The van der Waals surface area contributed by atoms with E-state index in [4.69, 9.17) is 4.74 Å². The van der Waals surface area contributed by atoms with Crippen molar-refractivity contribution in [3.05, 3.63) is 0 Å². The van der Waals surface area contributed by atoms with Gasteiger partial charge in [0.15, 0.2) is 9.84 Å². The molecule has 0 bridgehead atoms. The number of ether oxygens (including phenoxy) is 1. The Morgan fingerprint density at radius 2 is 1.71 bits per heavy atom. The molecular formula is C10H22O3S. The highest BCUT2D eigenvalue weighted by molar-refractivity contribution is 7.92. The van der Waals surface area contributed by atoms with E-state index in [1.165, 1.54) is 0 Å². The Hall–Kier alpha value is -0.0900. The van der Waals surface area contributed by atoms with E-state index in [1.807, 2.05) is 0 Å². The van der Waals surface area contributed by atoms with Crippen molar-refractivity contribution in [3.8, 4) is 0 Å². The van der Waals surface area contributed by atoms with Crippen molar-refractivity contribution in [3.63, 3.8) is 0 Å². The lowest BCUT2D eigenvalue weighted by atomic mass is 10.3. The molecule has 0 spiro atoms. The zero-order valence-corrected chi connectivity index (χ0v) is 10.5. The zero-order chi connectivity index (χ0) is 11.2. The monoisotopic (exact) mass is 222 g/mol. The first-order valence-electron chi connectivity index (χ1n) is 5.11. The molecule has 0 fully saturated rings. The molecule has 0 rings (SSSR count). The van der Waals surface area contributed by atoms with E-state index in [0.717, 1.165) is 12.8 Å². The third kappa shape index (κ3) is 4.96. The quantitative estimate of drug-likeness (QED) is 0.646. The van der Waals surface area contributed by atoms with Crippen LogP contribution in [0.3, 0.4) is 0 Å². The van der Waals surface area contributed by atoms with Crippen LogP contribution in [-0.2, 0) is 14.6 Å². The van der Waals surface area contributed by atoms with Crippen LogP contribution in [-0.4, -0.2) is 32.1 Å². The van der Waals surface area contributed by atoms with Crippen LogP contribution in [0.5, 0.6) is 0 Å². The van der Waals surface area contributed by atoms with Gasteiger partial charge in [-0.15, -0.1) is 0 Å². The highest BCUT2D eigenvalue weighted by Crippen LogP contribution is 2.15. The fraction of sp³-hybridized carbons (Fsp3) is 1.00. The summed E-state index contributed by atoms with van der Waals surface area (Å²) in [6.45, 7) is 8.21. The minimum Gasteiger partial charge on any atom is -0.380 e. The Morgan fingerprint density at radius 1 is 1.14 bits per heavy atom. The summed E-state index contributed by atoms with van der Waals surface area (Å²) in [5.74, 6) is 0.125. The largest absolute Gasteiger partial charge is 0.380 e. The Balaban J connectivity index is 3.80. The zero-order valence-electron chi connectivity index (χ0n) is 9.67. The molecule has 4 heteroatoms. The SMILES string of the molecule is CCCCOCCS(=O)(=O)C(C)(C)C. The Morgan fingerprint density at radius 3 is 2.14 bits per heavy atom. The van der Waals surface area contributed by atoms with Crippen molar-refractivity contribution in [2.24, 2.45) is 0 Å². The average Bonchev–Trinajstić information content (AvgIpc) is 2.02. The summed E-state index contributed by atoms with van der Waals surface area (Å²) in [5, 5.41) is 0. The topological polar surface area (TPSA) is 43.4 Å². The standard InChI is InChI=1S/C10H22O3S/c1-5-6-7-13-8-9-14(11,12)10(2,3)4/h5-9H2,1-4H3. The number of hydrogen-bond donors (Lipinski definition) is 0. The lowest BCUT2D eigenvalue weighted by Crippen LogP contribution is -2.32. The molecule has 0 heterocycles. The molecule has 0 radical (unpaired) electrons. The van der Waals surface area contributed by atoms with Gasteiger partial charge in [0, 0.05) is 6.61 Å². The molecule has 0 aromatic heterocycles. The van der Waals surface area contributed by atoms with Crippen molar-refractivity contribution in [1.29, 1.82) is 0 Å². The molecule has 0 saturated carbocycles. The molecule has 0 aromatic rings. The smallest absolute Gasteiger partial charge is 0.157 e. The molecule has 0 aromatic carbocycles. The summed E-state index contributed by atoms with van der Waals surface area (Å²) < 4.78 is 27.8. The van der Waals surface area contributed by atoms with Crippen molar-refractivity contribution >= 4 is 9.84 Å². The third-order valence-corrected chi connectivity index (χ3v) is 4.64. The van der Waals surface area contributed by atoms with Crippen LogP contribution in [0.1, 0.15) is 40.5 Å². The summed E-state index contributed by atoms with van der Waals surface area (Å²) in [7, 11) is -3.01. The van der Waals surface area contributed by atoms with Crippen LogP contribution < -0.4 is 0 Å². The molecule has 86 valence electrons. The van der Waals surface area contributed by atoms with Crippen molar-refractivity contribution < 1.29 is 13.2 Å². The molecule has 3 nitrogen and oxygen atoms in total. The van der Waals surface area contributed by atoms with Gasteiger partial charge in [0.2, 0.25) is 0 Å². The van der Waals surface area contributed by atoms with Crippen LogP contribution in [0.2, 0.25) is 0 Å². The van der Waals surface area contributed by atoms with Gasteiger partial charge >= 0.3 is 0 Å². The first kappa shape index (κ1) is 13.9.